The molecule has 0 bridgehead atoms. The first-order chi connectivity index (χ1) is 11.7. The van der Waals surface area contributed by atoms with Crippen molar-refractivity contribution in [1.82, 2.24) is 10.2 Å². The number of nitrogen functional groups attached to an aromatic ring is 1. The Kier molecular flexibility index (Phi) is 5.60. The van der Waals surface area contributed by atoms with E-state index < -0.39 is 23.8 Å². The van der Waals surface area contributed by atoms with Crippen LogP contribution in [0.3, 0.4) is 0 Å². The number of carboxylic acid groups (broad SMARTS) is 1. The molecule has 11 heteroatoms. The summed E-state index contributed by atoms with van der Waals surface area (Å²) in [7, 11) is 0. The van der Waals surface area contributed by atoms with Crippen LogP contribution in [0.1, 0.15) is 18.6 Å². The van der Waals surface area contributed by atoms with Crippen molar-refractivity contribution in [2.75, 3.05) is 11.1 Å². The third-order valence-corrected chi connectivity index (χ3v) is 3.73. The highest BCUT2D eigenvalue weighted by Gasteiger charge is 2.21. The zero-order chi connectivity index (χ0) is 18.7. The molecule has 0 spiro atoms. The van der Waals surface area contributed by atoms with Gasteiger partial charge in [-0.1, -0.05) is 23.2 Å². The number of nitrogens with one attached hydrogen (secondary N) is 1. The Labute approximate surface area is 150 Å². The van der Waals surface area contributed by atoms with Gasteiger partial charge in [0, 0.05) is 16.7 Å². The number of aliphatic carboxylic acids is 1. The van der Waals surface area contributed by atoms with Crippen molar-refractivity contribution in [2.45, 2.75) is 13.0 Å². The molecule has 1 aromatic heterocycles. The van der Waals surface area contributed by atoms with Crippen LogP contribution in [0.5, 0.6) is 5.75 Å². The minimum atomic E-state index is -1.70. The highest BCUT2D eigenvalue weighted by Crippen LogP contribution is 2.36. The second-order valence-corrected chi connectivity index (χ2v) is 5.54. The molecule has 132 valence electrons. The van der Waals surface area contributed by atoms with E-state index in [1.165, 1.54) is 12.1 Å². The largest absolute Gasteiger partial charge is 0.482 e. The highest BCUT2D eigenvalue weighted by molar-refractivity contribution is 6.36. The van der Waals surface area contributed by atoms with Gasteiger partial charge in [-0.3, -0.25) is 10.1 Å². The van der Waals surface area contributed by atoms with Crippen molar-refractivity contribution in [2.24, 2.45) is 0 Å². The maximum Gasteiger partial charge on any atom is 0.394 e. The topological polar surface area (TPSA) is 127 Å². The lowest BCUT2D eigenvalue weighted by atomic mass is 10.1. The van der Waals surface area contributed by atoms with Crippen molar-refractivity contribution in [3.05, 3.63) is 39.6 Å². The van der Waals surface area contributed by atoms with Gasteiger partial charge in [0.1, 0.15) is 11.9 Å². The monoisotopic (exact) mass is 388 g/mol. The molecule has 2 rings (SSSR count). The quantitative estimate of drug-likeness (QED) is 0.542. The summed E-state index contributed by atoms with van der Waals surface area (Å²) >= 11 is 11.9. The van der Waals surface area contributed by atoms with Crippen LogP contribution >= 0.6 is 23.2 Å². The lowest BCUT2D eigenvalue weighted by Crippen LogP contribution is -2.22. The Balaban J connectivity index is 2.29. The molecule has 0 saturated heterocycles. The first-order valence-corrected chi connectivity index (χ1v) is 7.43. The molecular weight excluding hydrogens is 378 g/mol. The summed E-state index contributed by atoms with van der Waals surface area (Å²) in [6, 6.07) is 3.61. The molecule has 0 aliphatic carbocycles. The van der Waals surface area contributed by atoms with Gasteiger partial charge in [0.05, 0.1) is 5.02 Å². The molecule has 4 N–H and O–H groups in total. The third-order valence-electron chi connectivity index (χ3n) is 3.01. The summed E-state index contributed by atoms with van der Waals surface area (Å²) in [6.07, 6.45) is -0.828. The van der Waals surface area contributed by atoms with E-state index in [1.54, 1.807) is 6.92 Å². The maximum atomic E-state index is 13.6. The number of nitrogens with zero attached hydrogens (tertiary/aromatic N) is 2. The van der Waals surface area contributed by atoms with Crippen LogP contribution in [-0.4, -0.2) is 27.2 Å². The zero-order valence-electron chi connectivity index (χ0n) is 12.6. The fourth-order valence-corrected chi connectivity index (χ4v) is 2.55. The number of amides is 1. The van der Waals surface area contributed by atoms with Crippen LogP contribution in [0.15, 0.2) is 18.2 Å². The number of anilines is 2. The second-order valence-electron chi connectivity index (χ2n) is 4.76. The minimum absolute atomic E-state index is 0.0282. The van der Waals surface area contributed by atoms with Gasteiger partial charge in [-0.2, -0.15) is 0 Å². The molecule has 8 nitrogen and oxygen atoms in total. The van der Waals surface area contributed by atoms with Crippen molar-refractivity contribution in [3.8, 4) is 5.75 Å². The fourth-order valence-electron chi connectivity index (χ4n) is 1.87. The van der Waals surface area contributed by atoms with E-state index in [-0.39, 0.29) is 33.0 Å². The van der Waals surface area contributed by atoms with E-state index in [1.807, 2.05) is 5.32 Å². The molecule has 1 atom stereocenters. The van der Waals surface area contributed by atoms with Crippen LogP contribution in [0.2, 0.25) is 10.0 Å². The van der Waals surface area contributed by atoms with Gasteiger partial charge < -0.3 is 15.6 Å². The number of carbonyl (C=O) groups is 2. The van der Waals surface area contributed by atoms with Gasteiger partial charge >= 0.3 is 11.9 Å². The summed E-state index contributed by atoms with van der Waals surface area (Å²) in [5, 5.41) is 17.6. The van der Waals surface area contributed by atoms with Crippen molar-refractivity contribution >= 4 is 46.7 Å². The summed E-state index contributed by atoms with van der Waals surface area (Å²) in [4.78, 5) is 21.7. The highest BCUT2D eigenvalue weighted by atomic mass is 35.5. The van der Waals surface area contributed by atoms with Crippen LogP contribution < -0.4 is 15.8 Å². The Hall–Kier alpha value is -2.65. The van der Waals surface area contributed by atoms with Gasteiger partial charge in [0.15, 0.2) is 17.4 Å². The molecule has 0 fully saturated rings. The van der Waals surface area contributed by atoms with E-state index in [2.05, 4.69) is 10.2 Å². The number of benzene rings is 1. The predicted octanol–water partition coefficient (Wildman–Crippen LogP) is 2.67. The fraction of sp³-hybridized carbons (Fsp3) is 0.143. The SMILES string of the molecule is CC(Oc1cc(NC(=O)C(=O)O)nnc1N)c1c(Cl)ccc(F)c1Cl. The Morgan fingerprint density at radius 1 is 1.36 bits per heavy atom. The Bertz CT molecular complexity index is 850. The normalized spacial score (nSPS) is 11.7. The molecule has 0 aliphatic rings. The van der Waals surface area contributed by atoms with E-state index in [0.717, 1.165) is 6.07 Å². The van der Waals surface area contributed by atoms with Crippen LogP contribution in [0.25, 0.3) is 0 Å². The number of hydrogen-bond donors (Lipinski definition) is 3. The third kappa shape index (κ3) is 4.25. The summed E-state index contributed by atoms with van der Waals surface area (Å²) in [5.41, 5.74) is 5.84. The number of aromatic nitrogens is 2. The average molecular weight is 389 g/mol. The minimum Gasteiger partial charge on any atom is -0.482 e. The lowest BCUT2D eigenvalue weighted by molar-refractivity contribution is -0.147. The Morgan fingerprint density at radius 3 is 2.68 bits per heavy atom. The van der Waals surface area contributed by atoms with Gasteiger partial charge in [-0.05, 0) is 19.1 Å². The van der Waals surface area contributed by atoms with Gasteiger partial charge in [-0.25, -0.2) is 9.18 Å². The first kappa shape index (κ1) is 18.7. The molecule has 0 saturated carbocycles. The molecule has 1 aromatic carbocycles. The van der Waals surface area contributed by atoms with Gasteiger partial charge in [0.25, 0.3) is 0 Å². The van der Waals surface area contributed by atoms with Crippen LogP contribution in [0.4, 0.5) is 16.0 Å². The number of carboxylic acids is 1. The van der Waals surface area contributed by atoms with E-state index >= 15 is 0 Å². The summed E-state index contributed by atoms with van der Waals surface area (Å²) < 4.78 is 19.2. The average Bonchev–Trinajstić information content (AvgIpc) is 2.54. The summed E-state index contributed by atoms with van der Waals surface area (Å²) in [5.74, 6) is -4.04. The lowest BCUT2D eigenvalue weighted by Gasteiger charge is -2.18. The predicted molar refractivity (Wildman–Crippen MR) is 88.2 cm³/mol. The van der Waals surface area contributed by atoms with E-state index in [0.29, 0.717) is 0 Å². The first-order valence-electron chi connectivity index (χ1n) is 6.68. The van der Waals surface area contributed by atoms with Crippen molar-refractivity contribution < 1.29 is 23.8 Å². The summed E-state index contributed by atoms with van der Waals surface area (Å²) in [6.45, 7) is 1.54. The smallest absolute Gasteiger partial charge is 0.394 e. The molecule has 25 heavy (non-hydrogen) atoms. The number of halogens is 3. The number of rotatable bonds is 4. The molecule has 1 unspecified atom stereocenters. The zero-order valence-corrected chi connectivity index (χ0v) is 14.1. The standard InChI is InChI=1S/C14H11Cl2FN4O4/c1-5(10-6(15)2-3-7(17)11(10)16)25-8-4-9(20-21-12(8)18)19-13(22)14(23)24/h2-5H,1H3,(H2,18,21)(H,23,24)(H,19,20,22). The Morgan fingerprint density at radius 2 is 2.04 bits per heavy atom. The number of hydrogen-bond acceptors (Lipinski definition) is 6. The van der Waals surface area contributed by atoms with Crippen molar-refractivity contribution in [1.29, 1.82) is 0 Å². The molecule has 2 aromatic rings. The molecule has 0 aliphatic heterocycles. The van der Waals surface area contributed by atoms with Crippen LogP contribution in [0, 0.1) is 5.82 Å². The number of nitrogens with two attached hydrogens (primary N) is 1. The molecule has 1 amide bonds. The second kappa shape index (κ2) is 7.49. The van der Waals surface area contributed by atoms with Crippen LogP contribution in [-0.2, 0) is 9.59 Å². The van der Waals surface area contributed by atoms with Gasteiger partial charge in [-0.15, -0.1) is 10.2 Å². The maximum absolute atomic E-state index is 13.6. The molecule has 0 radical (unpaired) electrons. The van der Waals surface area contributed by atoms with E-state index in [9.17, 15) is 14.0 Å². The molecule has 1 heterocycles. The van der Waals surface area contributed by atoms with Gasteiger partial charge in [0.2, 0.25) is 0 Å². The van der Waals surface area contributed by atoms with E-state index in [4.69, 9.17) is 38.8 Å². The van der Waals surface area contributed by atoms with Crippen molar-refractivity contribution in [3.63, 3.8) is 0 Å². The molecular formula is C14H11Cl2FN4O4. The number of carbonyl (C=O) groups excluding carboxylic acids is 1. The number of ether oxygens (including phenoxy) is 1.